The molecule has 4 aromatic rings. The smallest absolute Gasteiger partial charge is 0.240 e. The number of hydrogen-bond donors (Lipinski definition) is 1. The molecule has 0 radical (unpaired) electrons. The fraction of sp³-hybridized carbons (Fsp3) is 0.258. The van der Waals surface area contributed by atoms with Crippen LogP contribution in [0, 0.1) is 19.7 Å². The van der Waals surface area contributed by atoms with Crippen molar-refractivity contribution in [3.63, 3.8) is 0 Å². The molecule has 0 bridgehead atoms. The number of aryl methyl sites for hydroxylation is 1. The molecule has 2 heterocycles. The van der Waals surface area contributed by atoms with E-state index in [0.717, 1.165) is 40.8 Å². The molecular weight excluding hydrogens is 511 g/mol. The number of hydrogen-bond acceptors (Lipinski definition) is 4. The van der Waals surface area contributed by atoms with Gasteiger partial charge in [-0.05, 0) is 49.9 Å². The first-order valence-corrected chi connectivity index (χ1v) is 14.2. The van der Waals surface area contributed by atoms with Gasteiger partial charge in [0.1, 0.15) is 18.2 Å². The minimum absolute atomic E-state index is 0.103. The molecule has 6 rings (SSSR count). The van der Waals surface area contributed by atoms with E-state index in [2.05, 4.69) is 5.32 Å². The molecule has 2 amide bonds. The first-order valence-electron chi connectivity index (χ1n) is 13.1. The molecule has 1 aliphatic heterocycles. The Morgan fingerprint density at radius 1 is 1.03 bits per heavy atom. The summed E-state index contributed by atoms with van der Waals surface area (Å²) >= 11 is 1.37. The number of carbonyl (C=O) groups excluding carboxylic acids is 2. The summed E-state index contributed by atoms with van der Waals surface area (Å²) in [5, 5.41) is 7.61. The van der Waals surface area contributed by atoms with Crippen molar-refractivity contribution in [2.45, 2.75) is 38.0 Å². The van der Waals surface area contributed by atoms with E-state index in [1.54, 1.807) is 21.7 Å². The number of thioether (sulfide) groups is 1. The van der Waals surface area contributed by atoms with Crippen molar-refractivity contribution in [3.05, 3.63) is 101 Å². The van der Waals surface area contributed by atoms with Crippen LogP contribution in [-0.2, 0) is 9.59 Å². The molecular formula is C31H29FN4O2S. The van der Waals surface area contributed by atoms with E-state index in [0.29, 0.717) is 17.1 Å². The predicted octanol–water partition coefficient (Wildman–Crippen LogP) is 5.74. The van der Waals surface area contributed by atoms with Gasteiger partial charge in [-0.3, -0.25) is 14.5 Å². The molecule has 1 aliphatic carbocycles. The summed E-state index contributed by atoms with van der Waals surface area (Å²) in [5.41, 5.74) is 5.63. The molecule has 1 atom stereocenters. The van der Waals surface area contributed by atoms with E-state index >= 15 is 4.39 Å². The van der Waals surface area contributed by atoms with Gasteiger partial charge in [-0.2, -0.15) is 5.10 Å². The zero-order valence-corrected chi connectivity index (χ0v) is 22.7. The monoisotopic (exact) mass is 540 g/mol. The SMILES string of the molecule is Cc1cccc(-n2nc(-c3ccccc3)c3c2N(CC(=O)NC2CC2)C(=O)CS[C@@H]3c2ccccc2F)c1C. The van der Waals surface area contributed by atoms with E-state index in [1.165, 1.54) is 17.8 Å². The van der Waals surface area contributed by atoms with Crippen LogP contribution in [0.25, 0.3) is 16.9 Å². The Morgan fingerprint density at radius 3 is 2.51 bits per heavy atom. The quantitative estimate of drug-likeness (QED) is 0.339. The zero-order valence-electron chi connectivity index (χ0n) is 21.9. The van der Waals surface area contributed by atoms with Gasteiger partial charge in [0.2, 0.25) is 11.8 Å². The minimum Gasteiger partial charge on any atom is -0.352 e. The maximum Gasteiger partial charge on any atom is 0.240 e. The fourth-order valence-electron chi connectivity index (χ4n) is 5.04. The number of amides is 2. The van der Waals surface area contributed by atoms with Gasteiger partial charge in [0.05, 0.1) is 22.4 Å². The van der Waals surface area contributed by atoms with Crippen LogP contribution in [0.15, 0.2) is 72.8 Å². The van der Waals surface area contributed by atoms with Crippen molar-refractivity contribution in [1.82, 2.24) is 15.1 Å². The number of benzene rings is 3. The highest BCUT2D eigenvalue weighted by atomic mass is 32.2. The Kier molecular flexibility index (Phi) is 6.73. The normalized spacial score (nSPS) is 17.1. The van der Waals surface area contributed by atoms with Crippen LogP contribution >= 0.6 is 11.8 Å². The molecule has 1 N–H and O–H groups in total. The number of fused-ring (bicyclic) bond motifs is 1. The molecule has 1 fully saturated rings. The van der Waals surface area contributed by atoms with E-state index in [4.69, 9.17) is 5.10 Å². The standard InChI is InChI=1S/C31H29FN4O2S/c1-19-9-8-14-25(20(19)2)36-31-28(29(34-36)21-10-4-3-5-11-21)30(23-12-6-7-13-24(23)32)39-18-27(38)35(31)17-26(37)33-22-15-16-22/h3-14,22,30H,15-18H2,1-2H3,(H,33,37)/t30-/m1/s1. The van der Waals surface area contributed by atoms with Gasteiger partial charge in [0, 0.05) is 22.7 Å². The number of nitrogens with one attached hydrogen (secondary N) is 1. The largest absolute Gasteiger partial charge is 0.352 e. The Bertz CT molecular complexity index is 1560. The summed E-state index contributed by atoms with van der Waals surface area (Å²) in [5.74, 6) is -0.146. The molecule has 6 nitrogen and oxygen atoms in total. The van der Waals surface area contributed by atoms with E-state index in [-0.39, 0.29) is 36.0 Å². The lowest BCUT2D eigenvalue weighted by atomic mass is 9.99. The van der Waals surface area contributed by atoms with Gasteiger partial charge in [0.25, 0.3) is 0 Å². The van der Waals surface area contributed by atoms with Gasteiger partial charge < -0.3 is 5.32 Å². The van der Waals surface area contributed by atoms with Crippen molar-refractivity contribution < 1.29 is 14.0 Å². The third-order valence-electron chi connectivity index (χ3n) is 7.37. The third kappa shape index (κ3) is 4.85. The van der Waals surface area contributed by atoms with Crippen LogP contribution in [0.1, 0.15) is 40.3 Å². The van der Waals surface area contributed by atoms with Crippen molar-refractivity contribution in [1.29, 1.82) is 0 Å². The second kappa shape index (κ2) is 10.3. The Morgan fingerprint density at radius 2 is 1.77 bits per heavy atom. The van der Waals surface area contributed by atoms with Crippen molar-refractivity contribution in [3.8, 4) is 16.9 Å². The van der Waals surface area contributed by atoms with E-state index < -0.39 is 5.25 Å². The third-order valence-corrected chi connectivity index (χ3v) is 8.61. The van der Waals surface area contributed by atoms with Gasteiger partial charge in [-0.15, -0.1) is 11.8 Å². The van der Waals surface area contributed by atoms with Crippen molar-refractivity contribution in [2.24, 2.45) is 0 Å². The summed E-state index contributed by atoms with van der Waals surface area (Å²) in [6, 6.07) is 22.6. The molecule has 0 saturated heterocycles. The number of halogens is 1. The number of carbonyl (C=O) groups is 2. The highest BCUT2D eigenvalue weighted by Crippen LogP contribution is 2.49. The van der Waals surface area contributed by atoms with Crippen LogP contribution in [0.5, 0.6) is 0 Å². The second-order valence-corrected chi connectivity index (χ2v) is 11.2. The first-order chi connectivity index (χ1) is 18.9. The molecule has 2 aliphatic rings. The number of rotatable bonds is 6. The molecule has 198 valence electrons. The number of nitrogens with zero attached hydrogens (tertiary/aromatic N) is 3. The zero-order chi connectivity index (χ0) is 27.1. The summed E-state index contributed by atoms with van der Waals surface area (Å²) < 4.78 is 17.1. The predicted molar refractivity (Wildman–Crippen MR) is 153 cm³/mol. The topological polar surface area (TPSA) is 67.2 Å². The molecule has 0 unspecified atom stereocenters. The lowest BCUT2D eigenvalue weighted by Crippen LogP contribution is -2.43. The van der Waals surface area contributed by atoms with E-state index in [1.807, 2.05) is 68.4 Å². The lowest BCUT2D eigenvalue weighted by molar-refractivity contribution is -0.123. The summed E-state index contributed by atoms with van der Waals surface area (Å²) in [4.78, 5) is 28.4. The van der Waals surface area contributed by atoms with E-state index in [9.17, 15) is 9.59 Å². The van der Waals surface area contributed by atoms with Crippen LogP contribution in [0.3, 0.4) is 0 Å². The maximum absolute atomic E-state index is 15.3. The Labute approximate surface area is 231 Å². The van der Waals surface area contributed by atoms with Gasteiger partial charge in [0.15, 0.2) is 0 Å². The number of aromatic nitrogens is 2. The molecule has 1 saturated carbocycles. The van der Waals surface area contributed by atoms with Crippen molar-refractivity contribution in [2.75, 3.05) is 17.2 Å². The van der Waals surface area contributed by atoms with Gasteiger partial charge >= 0.3 is 0 Å². The first kappa shape index (κ1) is 25.4. The molecule has 8 heteroatoms. The summed E-state index contributed by atoms with van der Waals surface area (Å²) in [6.07, 6.45) is 1.91. The fourth-order valence-corrected chi connectivity index (χ4v) is 6.26. The highest BCUT2D eigenvalue weighted by molar-refractivity contribution is 8.00. The van der Waals surface area contributed by atoms with Crippen LogP contribution in [0.2, 0.25) is 0 Å². The maximum atomic E-state index is 15.3. The van der Waals surface area contributed by atoms with Crippen LogP contribution in [-0.4, -0.2) is 39.9 Å². The highest BCUT2D eigenvalue weighted by Gasteiger charge is 2.39. The summed E-state index contributed by atoms with van der Waals surface area (Å²) in [6.45, 7) is 3.92. The van der Waals surface area contributed by atoms with Crippen LogP contribution < -0.4 is 10.2 Å². The molecule has 1 aromatic heterocycles. The average Bonchev–Trinajstić information content (AvgIpc) is 3.69. The summed E-state index contributed by atoms with van der Waals surface area (Å²) in [7, 11) is 0. The number of anilines is 1. The molecule has 0 spiro atoms. The molecule has 39 heavy (non-hydrogen) atoms. The molecule has 3 aromatic carbocycles. The second-order valence-electron chi connectivity index (χ2n) is 10.1. The Balaban J connectivity index is 1.64. The van der Waals surface area contributed by atoms with Crippen LogP contribution in [0.4, 0.5) is 10.2 Å². The van der Waals surface area contributed by atoms with Crippen molar-refractivity contribution >= 4 is 29.4 Å². The average molecular weight is 541 g/mol. The Hall–Kier alpha value is -3.91. The minimum atomic E-state index is -0.504. The lowest BCUT2D eigenvalue weighted by Gasteiger charge is -2.24. The van der Waals surface area contributed by atoms with Gasteiger partial charge in [-0.25, -0.2) is 9.07 Å². The van der Waals surface area contributed by atoms with Gasteiger partial charge in [-0.1, -0.05) is 60.7 Å².